The number of ether oxygens (including phenoxy) is 2. The number of aliphatic hydroxyl groups is 1. The molecule has 2 atom stereocenters. The molecule has 3 aliphatic rings. The van der Waals surface area contributed by atoms with Crippen LogP contribution in [0.5, 0.6) is 11.5 Å². The average Bonchev–Trinajstić information content (AvgIpc) is 3.75. The molecule has 0 radical (unpaired) electrons. The van der Waals surface area contributed by atoms with E-state index in [2.05, 4.69) is 38.2 Å². The number of hydrogen-bond acceptors (Lipinski definition) is 7. The third kappa shape index (κ3) is 5.24. The van der Waals surface area contributed by atoms with Crippen LogP contribution in [0.2, 0.25) is 5.02 Å². The van der Waals surface area contributed by atoms with Crippen LogP contribution in [0.15, 0.2) is 60.8 Å². The molecule has 0 bridgehead atoms. The molecule has 1 saturated carbocycles. The summed E-state index contributed by atoms with van der Waals surface area (Å²) in [6, 6.07) is 16.3. The number of fused-ring (bicyclic) bond motifs is 2. The first kappa shape index (κ1) is 26.9. The lowest BCUT2D eigenvalue weighted by molar-refractivity contribution is -0.118. The summed E-state index contributed by atoms with van der Waals surface area (Å²) >= 11 is 6.41. The number of likely N-dealkylation sites (tertiary alicyclic amines) is 1. The van der Waals surface area contributed by atoms with Gasteiger partial charge in [0.1, 0.15) is 19.3 Å². The third-order valence-corrected chi connectivity index (χ3v) is 8.52. The van der Waals surface area contributed by atoms with Gasteiger partial charge >= 0.3 is 0 Å². The van der Waals surface area contributed by atoms with Gasteiger partial charge in [0.15, 0.2) is 11.5 Å². The van der Waals surface area contributed by atoms with E-state index in [0.717, 1.165) is 41.5 Å². The second-order valence-electron chi connectivity index (χ2n) is 11.2. The molecule has 216 valence electrons. The van der Waals surface area contributed by atoms with E-state index in [-0.39, 0.29) is 5.56 Å². The van der Waals surface area contributed by atoms with E-state index in [9.17, 15) is 14.7 Å². The fourth-order valence-electron chi connectivity index (χ4n) is 5.62. The highest BCUT2D eigenvalue weighted by atomic mass is 35.5. The first-order chi connectivity index (χ1) is 20.4. The van der Waals surface area contributed by atoms with Crippen LogP contribution < -0.4 is 14.8 Å². The van der Waals surface area contributed by atoms with Gasteiger partial charge in [-0.2, -0.15) is 5.10 Å². The molecule has 2 N–H and O–H groups in total. The molecular formula is C32H31ClN4O5. The van der Waals surface area contributed by atoms with Crippen LogP contribution in [-0.2, 0) is 4.79 Å². The molecule has 3 heterocycles. The van der Waals surface area contributed by atoms with E-state index in [1.807, 2.05) is 18.3 Å². The molecule has 1 aliphatic carbocycles. The Balaban J connectivity index is 1.07. The van der Waals surface area contributed by atoms with Crippen molar-refractivity contribution in [3.05, 3.63) is 76.9 Å². The smallest absolute Gasteiger partial charge is 0.292 e. The first-order valence-corrected chi connectivity index (χ1v) is 14.7. The van der Waals surface area contributed by atoms with Crippen molar-refractivity contribution < 1.29 is 24.2 Å². The van der Waals surface area contributed by atoms with Crippen molar-refractivity contribution in [2.45, 2.75) is 37.5 Å². The maximum absolute atomic E-state index is 13.2. The van der Waals surface area contributed by atoms with Crippen LogP contribution in [0.4, 0.5) is 0 Å². The molecule has 1 amide bonds. The summed E-state index contributed by atoms with van der Waals surface area (Å²) in [7, 11) is 0. The number of carbonyl (C=O) groups is 2. The van der Waals surface area contributed by atoms with E-state index in [1.54, 1.807) is 24.3 Å². The Morgan fingerprint density at radius 3 is 2.52 bits per heavy atom. The number of aromatic nitrogens is 2. The zero-order valence-corrected chi connectivity index (χ0v) is 23.7. The molecule has 2 fully saturated rings. The molecule has 1 aromatic heterocycles. The summed E-state index contributed by atoms with van der Waals surface area (Å²) in [5.41, 5.74) is 3.83. The van der Waals surface area contributed by atoms with Gasteiger partial charge in [-0.3, -0.25) is 14.3 Å². The number of benzene rings is 3. The lowest BCUT2D eigenvalue weighted by Crippen LogP contribution is -2.52. The number of hydrogen-bond donors (Lipinski definition) is 2. The lowest BCUT2D eigenvalue weighted by atomic mass is 9.98. The molecule has 3 aromatic carbocycles. The van der Waals surface area contributed by atoms with Gasteiger partial charge in [-0.1, -0.05) is 41.9 Å². The van der Waals surface area contributed by atoms with Gasteiger partial charge in [0.2, 0.25) is 5.78 Å². The van der Waals surface area contributed by atoms with Crippen molar-refractivity contribution in [1.29, 1.82) is 0 Å². The largest absolute Gasteiger partial charge is 0.486 e. The standard InChI is InChI=1S/C32H31ClN4O5/c33-25-15-22(16-28-31(25)42-13-12-41-28)29(38)26(18-36-10-1-11-36)35-32(40)30(39)20-4-2-19(3-5-20)21-6-9-27-23(14-21)17-34-37(27)24-7-8-24/h2-6,9,14-17,24,26,29,38H,1,7-8,10-13,18H2,(H,35,40). The Morgan fingerprint density at radius 2 is 1.79 bits per heavy atom. The number of Topliss-reactive ketones (excluding diaryl/α,β-unsaturated/α-hetero) is 1. The van der Waals surface area contributed by atoms with Crippen molar-refractivity contribution >= 4 is 34.2 Å². The Bertz CT molecular complexity index is 1660. The quantitative estimate of drug-likeness (QED) is 0.219. The number of carbonyl (C=O) groups excluding carboxylic acids is 2. The van der Waals surface area contributed by atoms with Crippen molar-refractivity contribution in [2.75, 3.05) is 32.8 Å². The molecule has 2 aliphatic heterocycles. The molecule has 10 heteroatoms. The van der Waals surface area contributed by atoms with Gasteiger partial charge in [-0.15, -0.1) is 0 Å². The number of halogens is 1. The van der Waals surface area contributed by atoms with Crippen molar-refractivity contribution in [3.8, 4) is 22.6 Å². The van der Waals surface area contributed by atoms with Crippen LogP contribution in [-0.4, -0.2) is 70.4 Å². The van der Waals surface area contributed by atoms with Gasteiger partial charge in [-0.05, 0) is 73.3 Å². The Hall–Kier alpha value is -3.92. The van der Waals surface area contributed by atoms with E-state index >= 15 is 0 Å². The van der Waals surface area contributed by atoms with Crippen LogP contribution in [0.25, 0.3) is 22.0 Å². The fraction of sp³-hybridized carbons (Fsp3) is 0.344. The predicted octanol–water partition coefficient (Wildman–Crippen LogP) is 4.57. The highest BCUT2D eigenvalue weighted by molar-refractivity contribution is 6.42. The Kier molecular flexibility index (Phi) is 7.09. The van der Waals surface area contributed by atoms with E-state index < -0.39 is 23.8 Å². The second-order valence-corrected chi connectivity index (χ2v) is 11.6. The molecule has 4 aromatic rings. The first-order valence-electron chi connectivity index (χ1n) is 14.4. The number of nitrogens with one attached hydrogen (secondary N) is 1. The summed E-state index contributed by atoms with van der Waals surface area (Å²) in [5.74, 6) is -0.549. The monoisotopic (exact) mass is 586 g/mol. The topological polar surface area (TPSA) is 106 Å². The van der Waals surface area contributed by atoms with Crippen LogP contribution in [0.3, 0.4) is 0 Å². The highest BCUT2D eigenvalue weighted by Gasteiger charge is 2.31. The van der Waals surface area contributed by atoms with E-state index in [1.165, 1.54) is 12.8 Å². The van der Waals surface area contributed by atoms with Crippen molar-refractivity contribution in [1.82, 2.24) is 20.0 Å². The number of amides is 1. The molecule has 0 spiro atoms. The van der Waals surface area contributed by atoms with Crippen LogP contribution >= 0.6 is 11.6 Å². The number of nitrogens with zero attached hydrogens (tertiary/aromatic N) is 3. The summed E-state index contributed by atoms with van der Waals surface area (Å²) in [6.07, 6.45) is 4.17. The summed E-state index contributed by atoms with van der Waals surface area (Å²) < 4.78 is 13.3. The lowest BCUT2D eigenvalue weighted by Gasteiger charge is -2.36. The molecule has 42 heavy (non-hydrogen) atoms. The molecule has 9 nitrogen and oxygen atoms in total. The number of aliphatic hydroxyl groups excluding tert-OH is 1. The third-order valence-electron chi connectivity index (χ3n) is 8.24. The SMILES string of the molecule is O=C(NC(CN1CCC1)C(O)c1cc(Cl)c2c(c1)OCCO2)C(=O)c1ccc(-c2ccc3c(cnn3C3CC3)c2)cc1. The fourth-order valence-corrected chi connectivity index (χ4v) is 5.90. The van der Waals surface area contributed by atoms with Gasteiger partial charge in [0.05, 0.1) is 28.8 Å². The summed E-state index contributed by atoms with van der Waals surface area (Å²) in [6.45, 7) is 2.90. The molecule has 7 rings (SSSR count). The predicted molar refractivity (Wildman–Crippen MR) is 158 cm³/mol. The second kappa shape index (κ2) is 11.1. The minimum absolute atomic E-state index is 0.276. The van der Waals surface area contributed by atoms with E-state index in [0.29, 0.717) is 47.9 Å². The molecular weight excluding hydrogens is 556 g/mol. The molecule has 1 saturated heterocycles. The summed E-state index contributed by atoms with van der Waals surface area (Å²) in [4.78, 5) is 28.5. The Labute approximate surface area is 248 Å². The average molecular weight is 587 g/mol. The van der Waals surface area contributed by atoms with Crippen molar-refractivity contribution in [3.63, 3.8) is 0 Å². The maximum atomic E-state index is 13.2. The minimum atomic E-state index is -1.11. The number of rotatable bonds is 9. The molecule has 2 unspecified atom stereocenters. The summed E-state index contributed by atoms with van der Waals surface area (Å²) in [5, 5.41) is 20.1. The van der Waals surface area contributed by atoms with Gasteiger partial charge < -0.3 is 24.8 Å². The van der Waals surface area contributed by atoms with Gasteiger partial charge in [0, 0.05) is 17.5 Å². The zero-order chi connectivity index (χ0) is 28.8. The van der Waals surface area contributed by atoms with Crippen LogP contribution in [0.1, 0.15) is 47.3 Å². The normalized spacial score (nSPS) is 17.9. The van der Waals surface area contributed by atoms with Gasteiger partial charge in [0.25, 0.3) is 5.91 Å². The Morgan fingerprint density at radius 1 is 1.02 bits per heavy atom. The zero-order valence-electron chi connectivity index (χ0n) is 23.0. The van der Waals surface area contributed by atoms with E-state index in [4.69, 9.17) is 21.1 Å². The van der Waals surface area contributed by atoms with Gasteiger partial charge in [-0.25, -0.2) is 0 Å². The maximum Gasteiger partial charge on any atom is 0.292 e. The minimum Gasteiger partial charge on any atom is -0.486 e. The van der Waals surface area contributed by atoms with Crippen LogP contribution in [0, 0.1) is 0 Å². The van der Waals surface area contributed by atoms with Crippen molar-refractivity contribution in [2.24, 2.45) is 0 Å². The highest BCUT2D eigenvalue weighted by Crippen LogP contribution is 2.40. The number of ketones is 1.